The molecule has 2 aromatic rings. The van der Waals surface area contributed by atoms with E-state index in [1.807, 2.05) is 30.3 Å². The van der Waals surface area contributed by atoms with Crippen molar-refractivity contribution in [2.24, 2.45) is 0 Å². The molecule has 0 unspecified atom stereocenters. The van der Waals surface area contributed by atoms with Crippen molar-refractivity contribution in [2.75, 3.05) is 11.9 Å². The number of rotatable bonds is 8. The minimum atomic E-state index is -1.08. The Labute approximate surface area is 199 Å². The minimum absolute atomic E-state index is 0.149. The normalized spacial score (nSPS) is 20.3. The van der Waals surface area contributed by atoms with Crippen molar-refractivity contribution in [3.8, 4) is 0 Å². The molecule has 3 N–H and O–H groups in total. The van der Waals surface area contributed by atoms with Gasteiger partial charge < -0.3 is 16.0 Å². The van der Waals surface area contributed by atoms with E-state index in [4.69, 9.17) is 0 Å². The van der Waals surface area contributed by atoms with E-state index in [-0.39, 0.29) is 11.9 Å². The maximum absolute atomic E-state index is 13.0. The summed E-state index contributed by atoms with van der Waals surface area (Å²) in [6.07, 6.45) is 5.14. The Morgan fingerprint density at radius 2 is 1.71 bits per heavy atom. The van der Waals surface area contributed by atoms with Gasteiger partial charge in [-0.3, -0.25) is 19.3 Å². The maximum atomic E-state index is 13.0. The molecule has 1 saturated heterocycles. The Hall–Kier alpha value is -3.68. The van der Waals surface area contributed by atoms with Gasteiger partial charge in [0.15, 0.2) is 0 Å². The van der Waals surface area contributed by atoms with E-state index < -0.39 is 29.9 Å². The molecule has 1 aliphatic heterocycles. The molecule has 34 heavy (non-hydrogen) atoms. The number of carbonyl (C=O) groups is 4. The highest BCUT2D eigenvalue weighted by molar-refractivity contribution is 6.11. The van der Waals surface area contributed by atoms with Crippen LogP contribution in [0.4, 0.5) is 10.5 Å². The van der Waals surface area contributed by atoms with Crippen LogP contribution in [0.1, 0.15) is 54.9 Å². The van der Waals surface area contributed by atoms with E-state index in [0.717, 1.165) is 36.1 Å². The second kappa shape index (κ2) is 10.1. The molecule has 2 aliphatic rings. The Balaban J connectivity index is 1.38. The Morgan fingerprint density at radius 3 is 2.44 bits per heavy atom. The predicted molar refractivity (Wildman–Crippen MR) is 128 cm³/mol. The number of benzene rings is 2. The number of anilines is 1. The molecule has 0 spiro atoms. The number of carbonyl (C=O) groups excluding carboxylic acids is 4. The van der Waals surface area contributed by atoms with Gasteiger partial charge in [0.05, 0.1) is 11.3 Å². The zero-order chi connectivity index (χ0) is 24.1. The third-order valence-electron chi connectivity index (χ3n) is 6.54. The van der Waals surface area contributed by atoms with E-state index in [9.17, 15) is 19.2 Å². The summed E-state index contributed by atoms with van der Waals surface area (Å²) in [5.41, 5.74) is 0.690. The van der Waals surface area contributed by atoms with Crippen LogP contribution in [0.3, 0.4) is 0 Å². The van der Waals surface area contributed by atoms with Gasteiger partial charge in [0.25, 0.3) is 11.8 Å². The standard InChI is InChI=1S/C26H30N4O4/c1-26(16-15-18-9-3-2-4-10-18)24(33)30(25(34)29-26)17-22(31)28-21-14-8-7-13-20(21)23(32)27-19-11-5-6-12-19/h2-4,7-10,13-14,19H,5-6,11-12,15-17H2,1H3,(H,27,32)(H,28,31)(H,29,34)/t26-/m0/s1. The fraction of sp³-hybridized carbons (Fsp3) is 0.385. The van der Waals surface area contributed by atoms with Crippen molar-refractivity contribution in [1.29, 1.82) is 0 Å². The zero-order valence-electron chi connectivity index (χ0n) is 19.3. The van der Waals surface area contributed by atoms with Crippen LogP contribution in [-0.4, -0.2) is 46.8 Å². The number of amides is 5. The molecule has 1 saturated carbocycles. The first-order valence-electron chi connectivity index (χ1n) is 11.7. The Morgan fingerprint density at radius 1 is 1.03 bits per heavy atom. The molecule has 178 valence electrons. The fourth-order valence-corrected chi connectivity index (χ4v) is 4.56. The summed E-state index contributed by atoms with van der Waals surface area (Å²) in [5.74, 6) is -1.22. The average Bonchev–Trinajstić information content (AvgIpc) is 3.41. The largest absolute Gasteiger partial charge is 0.349 e. The van der Waals surface area contributed by atoms with Gasteiger partial charge in [-0.2, -0.15) is 0 Å². The third-order valence-corrected chi connectivity index (χ3v) is 6.54. The van der Waals surface area contributed by atoms with E-state index in [0.29, 0.717) is 24.1 Å². The summed E-state index contributed by atoms with van der Waals surface area (Å²) in [4.78, 5) is 52.0. The topological polar surface area (TPSA) is 108 Å². The second-order valence-corrected chi connectivity index (χ2v) is 9.19. The predicted octanol–water partition coefficient (Wildman–Crippen LogP) is 3.24. The Bertz CT molecular complexity index is 1080. The van der Waals surface area contributed by atoms with Crippen LogP contribution >= 0.6 is 0 Å². The summed E-state index contributed by atoms with van der Waals surface area (Å²) in [5, 5.41) is 8.44. The number of para-hydroxylation sites is 1. The first-order chi connectivity index (χ1) is 16.4. The summed E-state index contributed by atoms with van der Waals surface area (Å²) >= 11 is 0. The highest BCUT2D eigenvalue weighted by Crippen LogP contribution is 2.24. The molecule has 1 atom stereocenters. The van der Waals surface area contributed by atoms with Crippen LogP contribution in [0.15, 0.2) is 54.6 Å². The van der Waals surface area contributed by atoms with Gasteiger partial charge in [-0.25, -0.2) is 4.79 Å². The first kappa shape index (κ1) is 23.5. The molecule has 4 rings (SSSR count). The van der Waals surface area contributed by atoms with Gasteiger partial charge in [-0.15, -0.1) is 0 Å². The molecule has 0 radical (unpaired) electrons. The van der Waals surface area contributed by atoms with Crippen LogP contribution in [-0.2, 0) is 16.0 Å². The molecule has 0 aromatic heterocycles. The number of nitrogens with zero attached hydrogens (tertiary/aromatic N) is 1. The molecule has 1 aliphatic carbocycles. The van der Waals surface area contributed by atoms with Gasteiger partial charge >= 0.3 is 6.03 Å². The lowest BCUT2D eigenvalue weighted by Crippen LogP contribution is -2.45. The van der Waals surface area contributed by atoms with Gasteiger partial charge in [0.1, 0.15) is 12.1 Å². The lowest BCUT2D eigenvalue weighted by atomic mass is 9.93. The Kier molecular flexibility index (Phi) is 6.95. The lowest BCUT2D eigenvalue weighted by Gasteiger charge is -2.21. The fourth-order valence-electron chi connectivity index (χ4n) is 4.56. The number of aryl methyl sites for hydroxylation is 1. The van der Waals surface area contributed by atoms with Gasteiger partial charge in [0, 0.05) is 6.04 Å². The third kappa shape index (κ3) is 5.27. The van der Waals surface area contributed by atoms with Crippen molar-refractivity contribution in [3.63, 3.8) is 0 Å². The number of nitrogens with one attached hydrogen (secondary N) is 3. The van der Waals surface area contributed by atoms with Crippen LogP contribution in [0.25, 0.3) is 0 Å². The minimum Gasteiger partial charge on any atom is -0.349 e. The van der Waals surface area contributed by atoms with Crippen LogP contribution < -0.4 is 16.0 Å². The zero-order valence-corrected chi connectivity index (χ0v) is 19.3. The van der Waals surface area contributed by atoms with Crippen LogP contribution in [0.5, 0.6) is 0 Å². The molecular formula is C26H30N4O4. The average molecular weight is 463 g/mol. The lowest BCUT2D eigenvalue weighted by molar-refractivity contribution is -0.133. The monoisotopic (exact) mass is 462 g/mol. The van der Waals surface area contributed by atoms with Crippen molar-refractivity contribution >= 4 is 29.4 Å². The molecule has 8 nitrogen and oxygen atoms in total. The van der Waals surface area contributed by atoms with E-state index in [2.05, 4.69) is 16.0 Å². The van der Waals surface area contributed by atoms with Crippen molar-refractivity contribution in [2.45, 2.75) is 57.0 Å². The summed E-state index contributed by atoms with van der Waals surface area (Å²) < 4.78 is 0. The van der Waals surface area contributed by atoms with Crippen molar-refractivity contribution in [1.82, 2.24) is 15.5 Å². The molecule has 2 fully saturated rings. The molecule has 0 bridgehead atoms. The van der Waals surface area contributed by atoms with E-state index in [1.54, 1.807) is 31.2 Å². The number of urea groups is 1. The number of hydrogen-bond donors (Lipinski definition) is 3. The molecule has 2 aromatic carbocycles. The van der Waals surface area contributed by atoms with E-state index in [1.165, 1.54) is 0 Å². The SMILES string of the molecule is C[C@@]1(CCc2ccccc2)NC(=O)N(CC(=O)Nc2ccccc2C(=O)NC2CCCC2)C1=O. The number of imide groups is 1. The number of hydrogen-bond acceptors (Lipinski definition) is 4. The highest BCUT2D eigenvalue weighted by Gasteiger charge is 2.47. The smallest absolute Gasteiger partial charge is 0.325 e. The van der Waals surface area contributed by atoms with Gasteiger partial charge in [-0.1, -0.05) is 55.3 Å². The second-order valence-electron chi connectivity index (χ2n) is 9.19. The summed E-state index contributed by atoms with van der Waals surface area (Å²) in [7, 11) is 0. The molecule has 5 amide bonds. The highest BCUT2D eigenvalue weighted by atomic mass is 16.2. The van der Waals surface area contributed by atoms with E-state index >= 15 is 0 Å². The van der Waals surface area contributed by atoms with Crippen LogP contribution in [0, 0.1) is 0 Å². The molecule has 8 heteroatoms. The quantitative estimate of drug-likeness (QED) is 0.524. The molecular weight excluding hydrogens is 432 g/mol. The first-order valence-corrected chi connectivity index (χ1v) is 11.7. The van der Waals surface area contributed by atoms with Crippen LogP contribution in [0.2, 0.25) is 0 Å². The summed E-state index contributed by atoms with van der Waals surface area (Å²) in [6.45, 7) is 1.25. The summed E-state index contributed by atoms with van der Waals surface area (Å²) in [6, 6.07) is 16.0. The van der Waals surface area contributed by atoms with Crippen molar-refractivity contribution < 1.29 is 19.2 Å². The van der Waals surface area contributed by atoms with Gasteiger partial charge in [0.2, 0.25) is 5.91 Å². The van der Waals surface area contributed by atoms with Gasteiger partial charge in [-0.05, 0) is 50.3 Å². The molecule has 1 heterocycles. The maximum Gasteiger partial charge on any atom is 0.325 e. The van der Waals surface area contributed by atoms with Crippen molar-refractivity contribution in [3.05, 3.63) is 65.7 Å².